The largest absolute Gasteiger partial charge is 0.411 e. The molecule has 0 aromatic carbocycles. The Morgan fingerprint density at radius 1 is 1.43 bits per heavy atom. The molecule has 1 saturated heterocycles. The van der Waals surface area contributed by atoms with Gasteiger partial charge in [-0.05, 0) is 19.1 Å². The van der Waals surface area contributed by atoms with E-state index in [1.807, 2.05) is 18.4 Å². The Bertz CT molecular complexity index is 315. The number of hydrogen-bond acceptors (Lipinski definition) is 2. The van der Waals surface area contributed by atoms with Crippen LogP contribution in [0.3, 0.4) is 0 Å². The molecular formula is C7H15N5OSi. The van der Waals surface area contributed by atoms with Crippen molar-refractivity contribution in [2.24, 2.45) is 5.22 Å². The highest BCUT2D eigenvalue weighted by molar-refractivity contribution is 6.76. The van der Waals surface area contributed by atoms with Crippen molar-refractivity contribution in [3.8, 4) is 0 Å². The molecule has 6 nitrogen and oxygen atoms in total. The van der Waals surface area contributed by atoms with Crippen molar-refractivity contribution in [1.29, 1.82) is 0 Å². The Hall–Kier alpha value is -1.20. The zero-order chi connectivity index (χ0) is 11.1. The van der Waals surface area contributed by atoms with E-state index in [-0.39, 0.29) is 6.03 Å². The standard InChI is InChI=1S/C7H15N5OSi/c1-7(2)11(10-9-8)6(13)12(7)14(3,4)5/h1-5H3. The van der Waals surface area contributed by atoms with Gasteiger partial charge in [-0.2, -0.15) is 4.91 Å². The van der Waals surface area contributed by atoms with Gasteiger partial charge in [0.25, 0.3) is 0 Å². The molecule has 0 radical (unpaired) electrons. The maximum atomic E-state index is 11.6. The van der Waals surface area contributed by atoms with E-state index < -0.39 is 13.9 Å². The highest BCUT2D eigenvalue weighted by Gasteiger charge is 2.60. The van der Waals surface area contributed by atoms with Crippen LogP contribution in [0, 0.1) is 0 Å². The molecule has 0 spiro atoms. The van der Waals surface area contributed by atoms with E-state index in [9.17, 15) is 4.79 Å². The van der Waals surface area contributed by atoms with Crippen LogP contribution in [-0.4, -0.2) is 29.5 Å². The van der Waals surface area contributed by atoms with Crippen LogP contribution in [-0.2, 0) is 0 Å². The lowest BCUT2D eigenvalue weighted by Crippen LogP contribution is -2.78. The summed E-state index contributed by atoms with van der Waals surface area (Å²) in [6.07, 6.45) is 0. The van der Waals surface area contributed by atoms with E-state index in [4.69, 9.17) is 5.53 Å². The Kier molecular flexibility index (Phi) is 2.25. The normalized spacial score (nSPS) is 20.2. The number of azide groups is 1. The minimum Gasteiger partial charge on any atom is -0.293 e. The Labute approximate surface area is 84.2 Å². The van der Waals surface area contributed by atoms with E-state index >= 15 is 0 Å². The van der Waals surface area contributed by atoms with Gasteiger partial charge in [-0.25, -0.2) is 4.79 Å². The highest BCUT2D eigenvalue weighted by Crippen LogP contribution is 2.37. The number of carbonyl (C=O) groups is 1. The van der Waals surface area contributed by atoms with Crippen LogP contribution >= 0.6 is 0 Å². The summed E-state index contributed by atoms with van der Waals surface area (Å²) in [5.74, 6) is 0. The molecule has 0 N–H and O–H groups in total. The van der Waals surface area contributed by atoms with Gasteiger partial charge < -0.3 is 0 Å². The van der Waals surface area contributed by atoms with Gasteiger partial charge in [0.05, 0.1) is 0 Å². The van der Waals surface area contributed by atoms with Crippen LogP contribution in [0.1, 0.15) is 13.8 Å². The van der Waals surface area contributed by atoms with Crippen LogP contribution in [0.5, 0.6) is 0 Å². The van der Waals surface area contributed by atoms with Crippen LogP contribution in [0.4, 0.5) is 4.79 Å². The molecule has 14 heavy (non-hydrogen) atoms. The van der Waals surface area contributed by atoms with Gasteiger partial charge in [0, 0.05) is 0 Å². The first kappa shape index (κ1) is 10.9. The molecule has 1 aliphatic heterocycles. The second kappa shape index (κ2) is 2.89. The Balaban J connectivity index is 2.98. The zero-order valence-electron chi connectivity index (χ0n) is 9.14. The van der Waals surface area contributed by atoms with Crippen molar-refractivity contribution in [3.05, 3.63) is 10.4 Å². The van der Waals surface area contributed by atoms with Gasteiger partial charge >= 0.3 is 6.03 Å². The van der Waals surface area contributed by atoms with Crippen molar-refractivity contribution in [3.63, 3.8) is 0 Å². The van der Waals surface area contributed by atoms with E-state index in [0.717, 1.165) is 0 Å². The molecule has 0 atom stereocenters. The molecule has 0 bridgehead atoms. The maximum Gasteiger partial charge on any atom is 0.411 e. The molecule has 1 aliphatic rings. The summed E-state index contributed by atoms with van der Waals surface area (Å²) in [6.45, 7) is 10.0. The third-order valence-electron chi connectivity index (χ3n) is 2.24. The summed E-state index contributed by atoms with van der Waals surface area (Å²) in [5, 5.41) is 4.56. The van der Waals surface area contributed by atoms with Gasteiger partial charge in [0.1, 0.15) is 0 Å². The third kappa shape index (κ3) is 1.34. The number of urea groups is 1. The zero-order valence-corrected chi connectivity index (χ0v) is 10.1. The molecular weight excluding hydrogens is 198 g/mol. The molecule has 0 unspecified atom stereocenters. The summed E-state index contributed by atoms with van der Waals surface area (Å²) in [4.78, 5) is 14.3. The minimum atomic E-state index is -1.68. The number of nitrogens with zero attached hydrogens (tertiary/aromatic N) is 5. The Morgan fingerprint density at radius 2 is 1.93 bits per heavy atom. The smallest absolute Gasteiger partial charge is 0.293 e. The molecule has 0 aromatic heterocycles. The van der Waals surface area contributed by atoms with Gasteiger partial charge in [-0.1, -0.05) is 19.6 Å². The molecule has 1 rings (SSSR count). The van der Waals surface area contributed by atoms with Crippen LogP contribution in [0.15, 0.2) is 5.22 Å². The quantitative estimate of drug-likeness (QED) is 0.300. The second-order valence-corrected chi connectivity index (χ2v) is 9.56. The predicted octanol–water partition coefficient (Wildman–Crippen LogP) is 2.52. The first-order valence-corrected chi connectivity index (χ1v) is 7.87. The summed E-state index contributed by atoms with van der Waals surface area (Å²) in [5.41, 5.74) is 7.82. The average Bonchev–Trinajstić information content (AvgIpc) is 1.96. The molecule has 0 saturated carbocycles. The van der Waals surface area contributed by atoms with Gasteiger partial charge in [0.2, 0.25) is 0 Å². The third-order valence-corrected chi connectivity index (χ3v) is 4.32. The predicted molar refractivity (Wildman–Crippen MR) is 55.6 cm³/mol. The van der Waals surface area contributed by atoms with Crippen molar-refractivity contribution in [2.45, 2.75) is 39.2 Å². The molecule has 0 aromatic rings. The first-order valence-electron chi connectivity index (χ1n) is 4.42. The van der Waals surface area contributed by atoms with Crippen molar-refractivity contribution in [1.82, 2.24) is 9.57 Å². The monoisotopic (exact) mass is 213 g/mol. The number of rotatable bonds is 2. The molecule has 78 valence electrons. The highest BCUT2D eigenvalue weighted by atomic mass is 28.3. The number of hydrogen-bond donors (Lipinski definition) is 0. The summed E-state index contributed by atoms with van der Waals surface area (Å²) in [7, 11) is -1.68. The van der Waals surface area contributed by atoms with Gasteiger partial charge in [0.15, 0.2) is 13.9 Å². The summed E-state index contributed by atoms with van der Waals surface area (Å²) in [6, 6.07) is -0.188. The van der Waals surface area contributed by atoms with Gasteiger partial charge in [-0.3, -0.25) is 4.57 Å². The molecule has 2 amide bonds. The average molecular weight is 213 g/mol. The summed E-state index contributed by atoms with van der Waals surface area (Å²) >= 11 is 0. The van der Waals surface area contributed by atoms with Crippen LogP contribution in [0.2, 0.25) is 19.6 Å². The van der Waals surface area contributed by atoms with Crippen molar-refractivity contribution < 1.29 is 4.79 Å². The summed E-state index contributed by atoms with van der Waals surface area (Å²) < 4.78 is 1.83. The molecule has 1 heterocycles. The van der Waals surface area contributed by atoms with E-state index in [2.05, 4.69) is 29.8 Å². The Morgan fingerprint density at radius 3 is 2.21 bits per heavy atom. The van der Waals surface area contributed by atoms with Crippen LogP contribution in [0.25, 0.3) is 10.4 Å². The fourth-order valence-electron chi connectivity index (χ4n) is 1.91. The molecule has 0 aliphatic carbocycles. The first-order chi connectivity index (χ1) is 6.23. The van der Waals surface area contributed by atoms with Crippen molar-refractivity contribution >= 4 is 14.3 Å². The SMILES string of the molecule is CC1(C)N(N=[N+]=[N-])C(=O)N1[Si](C)(C)C. The lowest BCUT2D eigenvalue weighted by Gasteiger charge is -2.54. The fraction of sp³-hybridized carbons (Fsp3) is 0.857. The van der Waals surface area contributed by atoms with E-state index in [1.165, 1.54) is 5.01 Å². The topological polar surface area (TPSA) is 72.3 Å². The second-order valence-electron chi connectivity index (χ2n) is 4.77. The molecule has 7 heteroatoms. The maximum absolute atomic E-state index is 11.6. The van der Waals surface area contributed by atoms with Crippen LogP contribution < -0.4 is 0 Å². The number of carbonyl (C=O) groups excluding carboxylic acids is 1. The van der Waals surface area contributed by atoms with E-state index in [1.54, 1.807) is 0 Å². The van der Waals surface area contributed by atoms with E-state index in [0.29, 0.717) is 0 Å². The minimum absolute atomic E-state index is 0.188. The fourth-order valence-corrected chi connectivity index (χ4v) is 4.31. The number of amides is 2. The molecule has 1 fully saturated rings. The van der Waals surface area contributed by atoms with Gasteiger partial charge in [-0.15, -0.1) is 10.5 Å². The lowest BCUT2D eigenvalue weighted by molar-refractivity contribution is -0.0271. The lowest BCUT2D eigenvalue weighted by atomic mass is 10.2. The van der Waals surface area contributed by atoms with Crippen molar-refractivity contribution in [2.75, 3.05) is 0 Å².